The summed E-state index contributed by atoms with van der Waals surface area (Å²) in [6.45, 7) is 0. The molecule has 21 heavy (non-hydrogen) atoms. The van der Waals surface area contributed by atoms with Gasteiger partial charge >= 0.3 is 0 Å². The smallest absolute Gasteiger partial charge is 0.237 e. The summed E-state index contributed by atoms with van der Waals surface area (Å²) in [7, 11) is 0. The molecule has 1 aliphatic carbocycles. The van der Waals surface area contributed by atoms with Crippen molar-refractivity contribution in [2.45, 2.75) is 25.7 Å². The van der Waals surface area contributed by atoms with Crippen molar-refractivity contribution < 1.29 is 4.74 Å². The molecule has 3 nitrogen and oxygen atoms in total. The minimum atomic E-state index is 0.362. The van der Waals surface area contributed by atoms with Crippen LogP contribution in [0.15, 0.2) is 28.7 Å². The van der Waals surface area contributed by atoms with Gasteiger partial charge in [-0.3, -0.25) is 0 Å². The Kier molecular flexibility index (Phi) is 4.14. The molecule has 1 aliphatic rings. The summed E-state index contributed by atoms with van der Waals surface area (Å²) >= 11 is 9.33. The Bertz CT molecular complexity index is 740. The number of nitriles is 1. The molecule has 0 N–H and O–H groups in total. The van der Waals surface area contributed by atoms with Crippen LogP contribution in [0.25, 0.3) is 0 Å². The van der Waals surface area contributed by atoms with Crippen LogP contribution in [0.1, 0.15) is 29.7 Å². The molecule has 0 radical (unpaired) electrons. The number of rotatable bonds is 2. The van der Waals surface area contributed by atoms with E-state index in [1.165, 1.54) is 5.56 Å². The van der Waals surface area contributed by atoms with Gasteiger partial charge in [-0.15, -0.1) is 0 Å². The molecule has 0 saturated carbocycles. The van der Waals surface area contributed by atoms with Crippen LogP contribution in [0.5, 0.6) is 11.6 Å². The molecule has 0 bridgehead atoms. The third kappa shape index (κ3) is 3.04. The van der Waals surface area contributed by atoms with E-state index in [0.717, 1.165) is 35.8 Å². The van der Waals surface area contributed by atoms with Crippen molar-refractivity contribution in [1.29, 1.82) is 5.26 Å². The molecular formula is C16H12BrClN2O. The highest BCUT2D eigenvalue weighted by molar-refractivity contribution is 9.10. The fourth-order valence-corrected chi connectivity index (χ4v) is 3.20. The van der Waals surface area contributed by atoms with Crippen LogP contribution >= 0.6 is 27.5 Å². The molecule has 0 atom stereocenters. The topological polar surface area (TPSA) is 45.9 Å². The monoisotopic (exact) mass is 362 g/mol. The maximum atomic E-state index is 9.31. The second-order valence-electron chi connectivity index (χ2n) is 4.94. The molecule has 0 saturated heterocycles. The highest BCUT2D eigenvalue weighted by Gasteiger charge is 2.17. The molecule has 1 heterocycles. The number of aryl methyl sites for hydroxylation is 2. The Morgan fingerprint density at radius 1 is 1.24 bits per heavy atom. The lowest BCUT2D eigenvalue weighted by Gasteiger charge is -2.17. The van der Waals surface area contributed by atoms with Gasteiger partial charge in [0.05, 0.1) is 4.47 Å². The molecular weight excluding hydrogens is 352 g/mol. The second-order valence-corrected chi connectivity index (χ2v) is 6.23. The van der Waals surface area contributed by atoms with Crippen molar-refractivity contribution in [3.63, 3.8) is 0 Å². The summed E-state index contributed by atoms with van der Waals surface area (Å²) in [5, 5.41) is 9.93. The van der Waals surface area contributed by atoms with Crippen molar-refractivity contribution in [3.05, 3.63) is 50.6 Å². The number of halogens is 2. The molecule has 0 fully saturated rings. The van der Waals surface area contributed by atoms with Crippen LogP contribution in [-0.4, -0.2) is 4.98 Å². The lowest BCUT2D eigenvalue weighted by atomic mass is 9.95. The molecule has 1 aromatic heterocycles. The first kappa shape index (κ1) is 14.4. The zero-order valence-electron chi connectivity index (χ0n) is 11.2. The van der Waals surface area contributed by atoms with Crippen LogP contribution in [0.2, 0.25) is 5.02 Å². The summed E-state index contributed by atoms with van der Waals surface area (Å²) in [5.74, 6) is 0.959. The first-order chi connectivity index (χ1) is 10.2. The Morgan fingerprint density at radius 2 is 2.05 bits per heavy atom. The molecule has 5 heteroatoms. The number of hydrogen-bond donors (Lipinski definition) is 0. The Morgan fingerprint density at radius 3 is 2.81 bits per heavy atom. The van der Waals surface area contributed by atoms with E-state index < -0.39 is 0 Å². The van der Waals surface area contributed by atoms with Crippen LogP contribution < -0.4 is 4.74 Å². The third-order valence-electron chi connectivity index (χ3n) is 3.49. The summed E-state index contributed by atoms with van der Waals surface area (Å²) < 4.78 is 6.55. The predicted molar refractivity (Wildman–Crippen MR) is 84.8 cm³/mol. The molecule has 1 aromatic carbocycles. The van der Waals surface area contributed by atoms with Gasteiger partial charge in [-0.05, 0) is 71.4 Å². The fourth-order valence-electron chi connectivity index (χ4n) is 2.43. The average molecular weight is 364 g/mol. The van der Waals surface area contributed by atoms with E-state index in [0.29, 0.717) is 22.2 Å². The van der Waals surface area contributed by atoms with E-state index in [4.69, 9.17) is 16.3 Å². The Balaban J connectivity index is 1.99. The van der Waals surface area contributed by atoms with Gasteiger partial charge in [0.1, 0.15) is 17.4 Å². The number of nitrogens with zero attached hydrogens (tertiary/aromatic N) is 2. The number of hydrogen-bond acceptors (Lipinski definition) is 3. The summed E-state index contributed by atoms with van der Waals surface area (Å²) in [6, 6.07) is 9.32. The van der Waals surface area contributed by atoms with Gasteiger partial charge in [0, 0.05) is 10.7 Å². The van der Waals surface area contributed by atoms with Crippen LogP contribution in [0.3, 0.4) is 0 Å². The largest absolute Gasteiger partial charge is 0.436 e. The average Bonchev–Trinajstić information content (AvgIpc) is 2.49. The van der Waals surface area contributed by atoms with E-state index in [-0.39, 0.29) is 0 Å². The number of pyridine rings is 1. The number of fused-ring (bicyclic) bond motifs is 1. The van der Waals surface area contributed by atoms with Crippen molar-refractivity contribution in [1.82, 2.24) is 4.98 Å². The van der Waals surface area contributed by atoms with Crippen LogP contribution in [0.4, 0.5) is 0 Å². The second kappa shape index (κ2) is 6.05. The Hall–Kier alpha value is -1.57. The minimum Gasteiger partial charge on any atom is -0.436 e. The molecule has 2 aromatic rings. The maximum absolute atomic E-state index is 9.31. The van der Waals surface area contributed by atoms with E-state index in [2.05, 4.69) is 27.0 Å². The van der Waals surface area contributed by atoms with Crippen molar-refractivity contribution in [2.75, 3.05) is 0 Å². The SMILES string of the molecule is N#Cc1cc2c(nc1Oc1ccc(Cl)cc1Br)CCCC2. The van der Waals surface area contributed by atoms with Crippen molar-refractivity contribution >= 4 is 27.5 Å². The predicted octanol–water partition coefficient (Wildman–Crippen LogP) is 5.04. The first-order valence-electron chi connectivity index (χ1n) is 6.73. The number of ether oxygens (including phenoxy) is 1. The molecule has 0 spiro atoms. The summed E-state index contributed by atoms with van der Waals surface area (Å²) in [5.41, 5.74) is 2.68. The highest BCUT2D eigenvalue weighted by Crippen LogP contribution is 2.34. The fraction of sp³-hybridized carbons (Fsp3) is 0.250. The zero-order chi connectivity index (χ0) is 14.8. The van der Waals surface area contributed by atoms with Gasteiger partial charge in [0.2, 0.25) is 5.88 Å². The lowest BCUT2D eigenvalue weighted by molar-refractivity contribution is 0.453. The number of benzene rings is 1. The van der Waals surface area contributed by atoms with E-state index in [9.17, 15) is 5.26 Å². The molecule has 106 valence electrons. The van der Waals surface area contributed by atoms with E-state index in [1.54, 1.807) is 18.2 Å². The normalized spacial score (nSPS) is 13.4. The van der Waals surface area contributed by atoms with Gasteiger partial charge in [-0.2, -0.15) is 5.26 Å². The van der Waals surface area contributed by atoms with Crippen molar-refractivity contribution in [2.24, 2.45) is 0 Å². The molecule has 3 rings (SSSR count). The van der Waals surface area contributed by atoms with Gasteiger partial charge in [0.15, 0.2) is 0 Å². The minimum absolute atomic E-state index is 0.362. The Labute approximate surface area is 136 Å². The summed E-state index contributed by atoms with van der Waals surface area (Å²) in [6.07, 6.45) is 4.22. The quantitative estimate of drug-likeness (QED) is 0.751. The first-order valence-corrected chi connectivity index (χ1v) is 7.90. The van der Waals surface area contributed by atoms with Crippen LogP contribution in [-0.2, 0) is 12.8 Å². The van der Waals surface area contributed by atoms with Gasteiger partial charge in [0.25, 0.3) is 0 Å². The van der Waals surface area contributed by atoms with Gasteiger partial charge in [-0.25, -0.2) is 4.98 Å². The van der Waals surface area contributed by atoms with Crippen molar-refractivity contribution in [3.8, 4) is 17.7 Å². The third-order valence-corrected chi connectivity index (χ3v) is 4.34. The number of aromatic nitrogens is 1. The van der Waals surface area contributed by atoms with E-state index in [1.807, 2.05) is 6.07 Å². The molecule has 0 unspecified atom stereocenters. The molecule has 0 aliphatic heterocycles. The van der Waals surface area contributed by atoms with Gasteiger partial charge in [-0.1, -0.05) is 11.6 Å². The highest BCUT2D eigenvalue weighted by atomic mass is 79.9. The van der Waals surface area contributed by atoms with Crippen LogP contribution in [0, 0.1) is 11.3 Å². The molecule has 0 amide bonds. The standard InChI is InChI=1S/C16H12BrClN2O/c17-13-8-12(18)5-6-15(13)21-16-11(9-19)7-10-3-1-2-4-14(10)20-16/h5-8H,1-4H2. The summed E-state index contributed by atoms with van der Waals surface area (Å²) in [4.78, 5) is 4.54. The maximum Gasteiger partial charge on any atom is 0.237 e. The zero-order valence-corrected chi connectivity index (χ0v) is 13.5. The lowest BCUT2D eigenvalue weighted by Crippen LogP contribution is -2.07. The van der Waals surface area contributed by atoms with E-state index >= 15 is 0 Å². The van der Waals surface area contributed by atoms with Gasteiger partial charge < -0.3 is 4.74 Å².